The second-order valence-electron chi connectivity index (χ2n) is 4.26. The summed E-state index contributed by atoms with van der Waals surface area (Å²) in [4.78, 5) is 0. The molecule has 0 atom stereocenters. The number of halogens is 2. The summed E-state index contributed by atoms with van der Waals surface area (Å²) in [6.07, 6.45) is 12.8. The number of hydrogen-bond acceptors (Lipinski definition) is 0. The quantitative estimate of drug-likeness (QED) is 0.554. The van der Waals surface area contributed by atoms with Crippen molar-refractivity contribution in [3.05, 3.63) is 0 Å². The predicted octanol–water partition coefficient (Wildman–Crippen LogP) is 2.72. The average Bonchev–Trinajstić information content (AvgIpc) is 2.21. The van der Waals surface area contributed by atoms with Gasteiger partial charge in [0.15, 0.2) is 0 Å². The summed E-state index contributed by atoms with van der Waals surface area (Å²) in [6.45, 7) is 6.91. The standard InChI is InChI=1S/C12H27BrP.BrH/c1-4-7-10-14(13,11-8-5-2)12-9-6-3;/h4-12H2,1-3H3;1H/q+1;/p-1. The normalized spacial score (nSPS) is 11.2. The van der Waals surface area contributed by atoms with E-state index in [1.807, 2.05) is 0 Å². The molecular weight excluding hydrogens is 335 g/mol. The van der Waals surface area contributed by atoms with E-state index < -0.39 is 5.96 Å². The Morgan fingerprint density at radius 2 is 1.00 bits per heavy atom. The minimum absolute atomic E-state index is 0. The van der Waals surface area contributed by atoms with Crippen LogP contribution < -0.4 is 17.0 Å². The van der Waals surface area contributed by atoms with Crippen LogP contribution in [0, 0.1) is 0 Å². The maximum Gasteiger partial charge on any atom is 0.138 e. The molecule has 0 fully saturated rings. The molecule has 3 heteroatoms. The lowest BCUT2D eigenvalue weighted by Gasteiger charge is -2.19. The van der Waals surface area contributed by atoms with Crippen molar-refractivity contribution in [2.75, 3.05) is 18.5 Å². The van der Waals surface area contributed by atoms with Crippen LogP contribution in [0.3, 0.4) is 0 Å². The highest BCUT2D eigenvalue weighted by molar-refractivity contribution is 9.42. The Balaban J connectivity index is 0. The zero-order valence-corrected chi connectivity index (χ0v) is 14.6. The van der Waals surface area contributed by atoms with E-state index >= 15 is 0 Å². The van der Waals surface area contributed by atoms with Crippen LogP contribution in [-0.2, 0) is 0 Å². The van der Waals surface area contributed by atoms with Crippen LogP contribution in [0.25, 0.3) is 0 Å². The van der Waals surface area contributed by atoms with Crippen molar-refractivity contribution in [2.24, 2.45) is 0 Å². The Bertz CT molecular complexity index is 107. The smallest absolute Gasteiger partial charge is 0.138 e. The van der Waals surface area contributed by atoms with Gasteiger partial charge in [0.2, 0.25) is 0 Å². The van der Waals surface area contributed by atoms with Gasteiger partial charge < -0.3 is 17.0 Å². The Hall–Kier alpha value is 1.39. The Kier molecular flexibility index (Phi) is 14.8. The number of hydrogen-bond donors (Lipinski definition) is 0. The molecule has 0 rings (SSSR count). The number of rotatable bonds is 9. The molecule has 15 heavy (non-hydrogen) atoms. The van der Waals surface area contributed by atoms with Crippen LogP contribution in [-0.4, -0.2) is 18.5 Å². The monoisotopic (exact) mass is 360 g/mol. The summed E-state index contributed by atoms with van der Waals surface area (Å²) in [5, 5.41) is 0. The van der Waals surface area contributed by atoms with Gasteiger partial charge in [-0.1, -0.05) is 40.0 Å². The topological polar surface area (TPSA) is 0 Å². The van der Waals surface area contributed by atoms with Crippen molar-refractivity contribution in [3.8, 4) is 0 Å². The largest absolute Gasteiger partial charge is 1.00 e. The molecule has 0 aliphatic heterocycles. The first-order valence-electron chi connectivity index (χ1n) is 6.24. The SMILES string of the molecule is CCCC[P+](Br)(CCCC)CCCC.[Br-]. The van der Waals surface area contributed by atoms with E-state index in [1.54, 1.807) is 0 Å². The molecule has 0 heterocycles. The van der Waals surface area contributed by atoms with Crippen LogP contribution in [0.4, 0.5) is 0 Å². The third kappa shape index (κ3) is 10.3. The van der Waals surface area contributed by atoms with Gasteiger partial charge in [0, 0.05) is 0 Å². The molecule has 94 valence electrons. The fourth-order valence-corrected chi connectivity index (χ4v) is 7.24. The second-order valence-corrected chi connectivity index (χ2v) is 12.2. The molecule has 0 spiro atoms. The zero-order chi connectivity index (χ0) is 10.9. The van der Waals surface area contributed by atoms with E-state index in [2.05, 4.69) is 36.3 Å². The molecule has 0 saturated heterocycles. The van der Waals surface area contributed by atoms with Gasteiger partial charge in [0.1, 0.15) is 15.5 Å². The lowest BCUT2D eigenvalue weighted by molar-refractivity contribution is -0.00000313. The maximum atomic E-state index is 4.10. The fraction of sp³-hybridized carbons (Fsp3) is 1.00. The predicted molar refractivity (Wildman–Crippen MR) is 75.2 cm³/mol. The Morgan fingerprint density at radius 1 is 0.733 bits per heavy atom. The molecule has 0 nitrogen and oxygen atoms in total. The summed E-state index contributed by atoms with van der Waals surface area (Å²) < 4.78 is 0. The van der Waals surface area contributed by atoms with Gasteiger partial charge in [-0.2, -0.15) is 0 Å². The number of unbranched alkanes of at least 4 members (excludes halogenated alkanes) is 3. The summed E-state index contributed by atoms with van der Waals surface area (Å²) in [5.74, 6) is -0.706. The van der Waals surface area contributed by atoms with Crippen LogP contribution in [0.2, 0.25) is 0 Å². The van der Waals surface area contributed by atoms with Gasteiger partial charge in [-0.05, 0) is 19.3 Å². The van der Waals surface area contributed by atoms with Crippen molar-refractivity contribution in [3.63, 3.8) is 0 Å². The third-order valence-electron chi connectivity index (χ3n) is 2.74. The first-order valence-corrected chi connectivity index (χ1v) is 10.6. The van der Waals surface area contributed by atoms with Gasteiger partial charge in [-0.25, -0.2) is 0 Å². The molecule has 0 amide bonds. The van der Waals surface area contributed by atoms with E-state index in [-0.39, 0.29) is 17.0 Å². The van der Waals surface area contributed by atoms with Gasteiger partial charge in [0.25, 0.3) is 0 Å². The lowest BCUT2D eigenvalue weighted by atomic mass is 10.4. The van der Waals surface area contributed by atoms with Crippen molar-refractivity contribution in [2.45, 2.75) is 59.3 Å². The molecule has 0 bridgehead atoms. The maximum absolute atomic E-state index is 4.10. The highest BCUT2D eigenvalue weighted by atomic mass is 79.9. The van der Waals surface area contributed by atoms with Crippen LogP contribution in [0.1, 0.15) is 59.3 Å². The molecule has 0 radical (unpaired) electrons. The van der Waals surface area contributed by atoms with Gasteiger partial charge in [-0.3, -0.25) is 0 Å². The van der Waals surface area contributed by atoms with Crippen molar-refractivity contribution in [1.29, 1.82) is 0 Å². The average molecular weight is 362 g/mol. The van der Waals surface area contributed by atoms with Crippen LogP contribution in [0.15, 0.2) is 0 Å². The van der Waals surface area contributed by atoms with E-state index in [0.29, 0.717) is 0 Å². The molecule has 0 unspecified atom stereocenters. The van der Waals surface area contributed by atoms with E-state index in [1.165, 1.54) is 57.0 Å². The summed E-state index contributed by atoms with van der Waals surface area (Å²) in [6, 6.07) is 0. The van der Waals surface area contributed by atoms with Crippen molar-refractivity contribution >= 4 is 21.5 Å². The van der Waals surface area contributed by atoms with Gasteiger partial charge in [-0.15, -0.1) is 0 Å². The minimum atomic E-state index is -0.706. The first kappa shape index (κ1) is 18.7. The van der Waals surface area contributed by atoms with E-state index in [9.17, 15) is 0 Å². The Labute approximate surface area is 116 Å². The lowest BCUT2D eigenvalue weighted by Crippen LogP contribution is -3.00. The molecule has 0 aliphatic rings. The van der Waals surface area contributed by atoms with E-state index in [4.69, 9.17) is 0 Å². The minimum Gasteiger partial charge on any atom is -1.00 e. The molecule has 0 saturated carbocycles. The summed E-state index contributed by atoms with van der Waals surface area (Å²) in [5.41, 5.74) is 0. The molecule has 0 aliphatic carbocycles. The van der Waals surface area contributed by atoms with E-state index in [0.717, 1.165) is 0 Å². The molecule has 0 aromatic rings. The molecule has 0 aromatic heterocycles. The highest BCUT2D eigenvalue weighted by Gasteiger charge is 2.32. The van der Waals surface area contributed by atoms with Crippen LogP contribution in [0.5, 0.6) is 0 Å². The molecule has 0 aromatic carbocycles. The second kappa shape index (κ2) is 11.9. The summed E-state index contributed by atoms with van der Waals surface area (Å²) in [7, 11) is 0. The highest BCUT2D eigenvalue weighted by Crippen LogP contribution is 2.67. The van der Waals surface area contributed by atoms with Gasteiger partial charge >= 0.3 is 0 Å². The first-order chi connectivity index (χ1) is 6.68. The van der Waals surface area contributed by atoms with Crippen molar-refractivity contribution in [1.82, 2.24) is 0 Å². The Morgan fingerprint density at radius 3 is 1.20 bits per heavy atom. The zero-order valence-electron chi connectivity index (χ0n) is 10.6. The third-order valence-corrected chi connectivity index (χ3v) is 9.28. The molecular formula is C12H27Br2P. The van der Waals surface area contributed by atoms with Gasteiger partial charge in [0.05, 0.1) is 24.5 Å². The molecule has 0 N–H and O–H groups in total. The van der Waals surface area contributed by atoms with Crippen molar-refractivity contribution < 1.29 is 17.0 Å². The fourth-order valence-electron chi connectivity index (χ4n) is 1.66. The summed E-state index contributed by atoms with van der Waals surface area (Å²) >= 11 is 4.10. The van der Waals surface area contributed by atoms with Crippen LogP contribution >= 0.6 is 21.5 Å².